The smallest absolute Gasteiger partial charge is 0.309 e. The van der Waals surface area contributed by atoms with Crippen molar-refractivity contribution in [3.63, 3.8) is 0 Å². The molecule has 0 saturated carbocycles. The lowest BCUT2D eigenvalue weighted by atomic mass is 10.1. The van der Waals surface area contributed by atoms with Crippen LogP contribution in [0.2, 0.25) is 0 Å². The third kappa shape index (κ3) is 66.9. The highest BCUT2D eigenvalue weighted by atomic mass is 16.6. The molecule has 0 rings (SSSR count). The first-order valence-corrected chi connectivity index (χ1v) is 32.9. The highest BCUT2D eigenvalue weighted by Gasteiger charge is 2.19. The Hall–Kier alpha value is -5.75. The Bertz CT molecular complexity index is 1990. The highest BCUT2D eigenvalue weighted by Crippen LogP contribution is 2.14. The average Bonchev–Trinajstić information content (AvgIpc) is 3.49. The molecule has 0 aromatic carbocycles. The van der Waals surface area contributed by atoms with Crippen LogP contribution in [-0.2, 0) is 28.6 Å². The molecule has 0 saturated heterocycles. The van der Waals surface area contributed by atoms with E-state index in [1.54, 1.807) is 6.08 Å². The second-order valence-electron chi connectivity index (χ2n) is 20.9. The maximum Gasteiger partial charge on any atom is 0.309 e. The maximum absolute atomic E-state index is 12.9. The SMILES string of the molecule is CC/C=C\C/C=C\C/C=C\C/C=C\C/C=C\C/C=C\CCCCCCCCC(=O)OCC(COC(=O)C/C=C\C/C=C\C/C=C\C/C=C\C/C=C\CC)OC(=O)CCCCCCCCCCC/C=C\C/C=C\C/C=C\C/C=C\C/C=C\CC. The molecule has 6 heteroatoms. The highest BCUT2D eigenvalue weighted by molar-refractivity contribution is 5.72. The van der Waals surface area contributed by atoms with Crippen molar-refractivity contribution in [2.45, 2.75) is 258 Å². The zero-order valence-corrected chi connectivity index (χ0v) is 52.9. The van der Waals surface area contributed by atoms with Crippen molar-refractivity contribution in [2.75, 3.05) is 13.2 Å². The molecule has 0 spiro atoms. The minimum Gasteiger partial charge on any atom is -0.462 e. The normalized spacial score (nSPS) is 13.4. The Kier molecular flexibility index (Phi) is 64.0. The van der Waals surface area contributed by atoms with Gasteiger partial charge in [0.2, 0.25) is 0 Å². The van der Waals surface area contributed by atoms with Gasteiger partial charge in [-0.3, -0.25) is 14.4 Å². The lowest BCUT2D eigenvalue weighted by Crippen LogP contribution is -2.30. The van der Waals surface area contributed by atoms with Gasteiger partial charge in [-0.2, -0.15) is 0 Å². The number of rotatable bonds is 57. The monoisotopic (exact) mass is 1140 g/mol. The lowest BCUT2D eigenvalue weighted by Gasteiger charge is -2.18. The molecule has 0 aliphatic heterocycles. The molecule has 0 aromatic rings. The number of carbonyl (C=O) groups is 3. The van der Waals surface area contributed by atoms with E-state index in [9.17, 15) is 14.4 Å². The van der Waals surface area contributed by atoms with E-state index in [1.165, 1.54) is 51.4 Å². The summed E-state index contributed by atoms with van der Waals surface area (Å²) in [5.74, 6) is -1.09. The number of esters is 3. The number of ether oxygens (including phenoxy) is 3. The Labute approximate surface area is 509 Å². The summed E-state index contributed by atoms with van der Waals surface area (Å²) in [7, 11) is 0. The Morgan fingerprint density at radius 2 is 0.482 bits per heavy atom. The molecule has 0 bridgehead atoms. The molecule has 1 atom stereocenters. The van der Waals surface area contributed by atoms with Gasteiger partial charge >= 0.3 is 17.9 Å². The van der Waals surface area contributed by atoms with Gasteiger partial charge in [0.25, 0.3) is 0 Å². The number of allylic oxidation sites excluding steroid dienone is 31. The van der Waals surface area contributed by atoms with Gasteiger partial charge in [-0.1, -0.05) is 286 Å². The first kappa shape index (κ1) is 77.2. The molecule has 0 N–H and O–H groups in total. The molecule has 6 nitrogen and oxygen atoms in total. The van der Waals surface area contributed by atoms with Crippen LogP contribution in [0.5, 0.6) is 0 Å². The topological polar surface area (TPSA) is 78.9 Å². The van der Waals surface area contributed by atoms with E-state index in [0.717, 1.165) is 161 Å². The fourth-order valence-corrected chi connectivity index (χ4v) is 8.31. The summed E-state index contributed by atoms with van der Waals surface area (Å²) in [4.78, 5) is 38.3. The van der Waals surface area contributed by atoms with Crippen LogP contribution in [0.15, 0.2) is 194 Å². The number of hydrogen-bond acceptors (Lipinski definition) is 6. The van der Waals surface area contributed by atoms with Crippen molar-refractivity contribution >= 4 is 17.9 Å². The summed E-state index contributed by atoms with van der Waals surface area (Å²) in [6.45, 7) is 6.18. The molecule has 0 aliphatic rings. The summed E-state index contributed by atoms with van der Waals surface area (Å²) in [6, 6.07) is 0. The van der Waals surface area contributed by atoms with Crippen molar-refractivity contribution in [1.29, 1.82) is 0 Å². The van der Waals surface area contributed by atoms with Crippen LogP contribution < -0.4 is 0 Å². The Morgan fingerprint density at radius 3 is 0.783 bits per heavy atom. The molecular formula is C77H118O6. The van der Waals surface area contributed by atoms with Crippen molar-refractivity contribution in [2.24, 2.45) is 0 Å². The average molecular weight is 1140 g/mol. The largest absolute Gasteiger partial charge is 0.462 e. The van der Waals surface area contributed by atoms with Crippen LogP contribution in [0.3, 0.4) is 0 Å². The number of hydrogen-bond donors (Lipinski definition) is 0. The molecule has 0 fully saturated rings. The van der Waals surface area contributed by atoms with Crippen molar-refractivity contribution in [3.05, 3.63) is 194 Å². The van der Waals surface area contributed by atoms with Crippen LogP contribution in [-0.4, -0.2) is 37.2 Å². The van der Waals surface area contributed by atoms with Crippen molar-refractivity contribution < 1.29 is 28.6 Å². The van der Waals surface area contributed by atoms with E-state index in [0.29, 0.717) is 6.42 Å². The van der Waals surface area contributed by atoms with Gasteiger partial charge < -0.3 is 14.2 Å². The second-order valence-corrected chi connectivity index (χ2v) is 20.9. The van der Waals surface area contributed by atoms with Gasteiger partial charge in [0.1, 0.15) is 13.2 Å². The third-order valence-corrected chi connectivity index (χ3v) is 13.1. The molecule has 0 amide bonds. The van der Waals surface area contributed by atoms with E-state index in [1.807, 2.05) is 6.08 Å². The van der Waals surface area contributed by atoms with Gasteiger partial charge in [-0.25, -0.2) is 0 Å². The fourth-order valence-electron chi connectivity index (χ4n) is 8.31. The van der Waals surface area contributed by atoms with E-state index < -0.39 is 12.1 Å². The van der Waals surface area contributed by atoms with E-state index in [2.05, 4.69) is 203 Å². The molecular weight excluding hydrogens is 1020 g/mol. The molecule has 1 unspecified atom stereocenters. The zero-order chi connectivity index (χ0) is 59.9. The van der Waals surface area contributed by atoms with Crippen LogP contribution in [0.4, 0.5) is 0 Å². The molecule has 462 valence electrons. The van der Waals surface area contributed by atoms with Crippen molar-refractivity contribution in [1.82, 2.24) is 0 Å². The lowest BCUT2D eigenvalue weighted by molar-refractivity contribution is -0.166. The van der Waals surface area contributed by atoms with Gasteiger partial charge in [-0.15, -0.1) is 0 Å². The maximum atomic E-state index is 12.9. The van der Waals surface area contributed by atoms with Crippen LogP contribution in [0, 0.1) is 0 Å². The first-order valence-electron chi connectivity index (χ1n) is 32.9. The van der Waals surface area contributed by atoms with E-state index in [-0.39, 0.29) is 38.0 Å². The molecule has 0 aromatic heterocycles. The van der Waals surface area contributed by atoms with E-state index >= 15 is 0 Å². The predicted octanol–water partition coefficient (Wildman–Crippen LogP) is 23.0. The van der Waals surface area contributed by atoms with Crippen LogP contribution >= 0.6 is 0 Å². The summed E-state index contributed by atoms with van der Waals surface area (Å²) in [6.07, 6.45) is 105. The zero-order valence-electron chi connectivity index (χ0n) is 52.9. The van der Waals surface area contributed by atoms with Crippen LogP contribution in [0.1, 0.15) is 252 Å². The van der Waals surface area contributed by atoms with Crippen LogP contribution in [0.25, 0.3) is 0 Å². The number of unbranched alkanes of at least 4 members (excludes halogenated alkanes) is 15. The summed E-state index contributed by atoms with van der Waals surface area (Å²) < 4.78 is 16.8. The fraction of sp³-hybridized carbons (Fsp3) is 0.545. The first-order chi connectivity index (χ1) is 41.0. The Balaban J connectivity index is 4.51. The van der Waals surface area contributed by atoms with Crippen molar-refractivity contribution in [3.8, 4) is 0 Å². The minimum atomic E-state index is -0.842. The molecule has 0 radical (unpaired) electrons. The minimum absolute atomic E-state index is 0.113. The summed E-state index contributed by atoms with van der Waals surface area (Å²) in [5, 5.41) is 0. The predicted molar refractivity (Wildman–Crippen MR) is 361 cm³/mol. The summed E-state index contributed by atoms with van der Waals surface area (Å²) >= 11 is 0. The van der Waals surface area contributed by atoms with Gasteiger partial charge in [-0.05, 0) is 141 Å². The van der Waals surface area contributed by atoms with Gasteiger partial charge in [0.05, 0.1) is 6.42 Å². The quantitative estimate of drug-likeness (QED) is 0.0261. The van der Waals surface area contributed by atoms with Gasteiger partial charge in [0, 0.05) is 12.8 Å². The molecule has 0 aliphatic carbocycles. The Morgan fingerprint density at radius 1 is 0.253 bits per heavy atom. The number of carbonyl (C=O) groups excluding carboxylic acids is 3. The standard InChI is InChI=1S/C77H118O6/c1-4-7-10-13-16-19-22-25-28-30-32-34-36-38-40-42-44-46-49-52-55-58-61-64-67-70-76(79)82-73-74(72-81-75(78)69-66-63-60-57-54-51-48-27-24-21-18-15-12-9-6-3)83-77(80)71-68-65-62-59-56-53-50-47-45-43-41-39-37-35-33-31-29-26-23-20-17-14-11-8-5-2/h7-12,16-21,25-29,32-35,38-41,44,46,48,54,57,63,66,74H,4-6,13-15,22-24,30-31,36-37,42-43,45,47,49-53,55-56,58-62,64-65,67-73H2,1-3H3/b10-7-,11-8-,12-9-,19-16-,20-17-,21-18-,28-25-,29-26-,34-32-,35-33-,40-38-,41-39-,46-44-,48-27-,57-54-,66-63-. The third-order valence-electron chi connectivity index (χ3n) is 13.1. The van der Waals surface area contributed by atoms with Gasteiger partial charge in [0.15, 0.2) is 6.10 Å². The molecule has 83 heavy (non-hydrogen) atoms. The second kappa shape index (κ2) is 68.7. The molecule has 0 heterocycles. The summed E-state index contributed by atoms with van der Waals surface area (Å²) in [5.41, 5.74) is 0. The van der Waals surface area contributed by atoms with E-state index in [4.69, 9.17) is 14.2 Å².